The van der Waals surface area contributed by atoms with Crippen molar-refractivity contribution in [2.45, 2.75) is 32.7 Å². The Morgan fingerprint density at radius 1 is 1.32 bits per heavy atom. The van der Waals surface area contributed by atoms with Crippen molar-refractivity contribution in [3.8, 4) is 11.5 Å². The Labute approximate surface area is 128 Å². The number of amides is 1. The summed E-state index contributed by atoms with van der Waals surface area (Å²) in [5, 5.41) is 11.3. The summed E-state index contributed by atoms with van der Waals surface area (Å²) in [5.74, 6) is -0.166. The molecule has 0 saturated carbocycles. The molecule has 0 radical (unpaired) electrons. The minimum atomic E-state index is -0.947. The van der Waals surface area contributed by atoms with Crippen molar-refractivity contribution in [1.82, 2.24) is 10.3 Å². The fourth-order valence-electron chi connectivity index (χ4n) is 2.09. The average Bonchev–Trinajstić information content (AvgIpc) is 2.80. The van der Waals surface area contributed by atoms with Crippen LogP contribution in [0, 0.1) is 6.92 Å². The molecule has 0 aliphatic rings. The molecule has 0 aliphatic heterocycles. The average molecular weight is 302 g/mol. The fraction of sp³-hybridized carbons (Fsp3) is 0.312. The van der Waals surface area contributed by atoms with Gasteiger partial charge in [-0.25, -0.2) is 4.98 Å². The highest BCUT2D eigenvalue weighted by Gasteiger charge is 2.16. The van der Waals surface area contributed by atoms with E-state index in [0.717, 1.165) is 5.56 Å². The first-order valence-electron chi connectivity index (χ1n) is 6.98. The van der Waals surface area contributed by atoms with Crippen molar-refractivity contribution in [2.75, 3.05) is 0 Å². The molecule has 0 bridgehead atoms. The molecule has 1 heterocycles. The quantitative estimate of drug-likeness (QED) is 0.853. The van der Waals surface area contributed by atoms with Gasteiger partial charge in [0.1, 0.15) is 5.76 Å². The molecule has 1 aromatic heterocycles. The van der Waals surface area contributed by atoms with Gasteiger partial charge < -0.3 is 14.8 Å². The zero-order valence-corrected chi connectivity index (χ0v) is 12.5. The van der Waals surface area contributed by atoms with E-state index < -0.39 is 12.0 Å². The first-order valence-corrected chi connectivity index (χ1v) is 6.98. The number of carbonyl (C=O) groups is 2. The van der Waals surface area contributed by atoms with Crippen LogP contribution in [-0.2, 0) is 16.0 Å². The fourth-order valence-corrected chi connectivity index (χ4v) is 2.09. The van der Waals surface area contributed by atoms with E-state index >= 15 is 0 Å². The van der Waals surface area contributed by atoms with Crippen molar-refractivity contribution >= 4 is 11.9 Å². The van der Waals surface area contributed by atoms with Crippen LogP contribution in [0.25, 0.3) is 11.5 Å². The molecule has 2 rings (SSSR count). The number of rotatable bonds is 6. The zero-order valence-electron chi connectivity index (χ0n) is 12.5. The molecule has 2 aromatic rings. The topological polar surface area (TPSA) is 92.4 Å². The summed E-state index contributed by atoms with van der Waals surface area (Å²) in [5.41, 5.74) is 1.40. The third kappa shape index (κ3) is 4.18. The number of carbonyl (C=O) groups excluding carboxylic acids is 1. The van der Waals surface area contributed by atoms with Crippen LogP contribution >= 0.6 is 0 Å². The number of aromatic nitrogens is 1. The molecular weight excluding hydrogens is 284 g/mol. The van der Waals surface area contributed by atoms with Gasteiger partial charge in [-0.15, -0.1) is 0 Å². The van der Waals surface area contributed by atoms with E-state index in [1.54, 1.807) is 13.8 Å². The van der Waals surface area contributed by atoms with Crippen molar-refractivity contribution in [3.63, 3.8) is 0 Å². The van der Waals surface area contributed by atoms with Gasteiger partial charge in [0.25, 0.3) is 0 Å². The summed E-state index contributed by atoms with van der Waals surface area (Å²) >= 11 is 0. The van der Waals surface area contributed by atoms with Crippen molar-refractivity contribution < 1.29 is 19.1 Å². The monoisotopic (exact) mass is 302 g/mol. The molecule has 22 heavy (non-hydrogen) atoms. The summed E-state index contributed by atoms with van der Waals surface area (Å²) in [4.78, 5) is 26.8. The zero-order chi connectivity index (χ0) is 16.1. The number of aryl methyl sites for hydroxylation is 1. The van der Waals surface area contributed by atoms with Gasteiger partial charge in [0.15, 0.2) is 0 Å². The number of hydrogen-bond acceptors (Lipinski definition) is 4. The van der Waals surface area contributed by atoms with Crippen LogP contribution in [0.2, 0.25) is 0 Å². The molecule has 0 fully saturated rings. The van der Waals surface area contributed by atoms with Crippen LogP contribution < -0.4 is 5.32 Å². The van der Waals surface area contributed by atoms with Gasteiger partial charge >= 0.3 is 5.97 Å². The number of nitrogens with zero attached hydrogens (tertiary/aromatic N) is 1. The Kier molecular flexibility index (Phi) is 4.93. The molecular formula is C16H18N2O4. The number of benzene rings is 1. The van der Waals surface area contributed by atoms with E-state index in [1.165, 1.54) is 0 Å². The highest BCUT2D eigenvalue weighted by molar-refractivity contribution is 5.79. The van der Waals surface area contributed by atoms with Gasteiger partial charge in [0.05, 0.1) is 18.5 Å². The molecule has 6 nitrogen and oxygen atoms in total. The second-order valence-corrected chi connectivity index (χ2v) is 5.13. The Bertz CT molecular complexity index is 664. The number of oxazole rings is 1. The lowest BCUT2D eigenvalue weighted by molar-refractivity contribution is -0.137. The number of aliphatic carboxylic acids is 1. The first kappa shape index (κ1) is 15.8. The van der Waals surface area contributed by atoms with Crippen molar-refractivity contribution in [1.29, 1.82) is 0 Å². The third-order valence-electron chi connectivity index (χ3n) is 3.13. The smallest absolute Gasteiger partial charge is 0.305 e. The molecule has 2 N–H and O–H groups in total. The van der Waals surface area contributed by atoms with Crippen LogP contribution in [0.3, 0.4) is 0 Å². The number of carboxylic acids is 1. The van der Waals surface area contributed by atoms with Crippen LogP contribution in [0.5, 0.6) is 0 Å². The highest BCUT2D eigenvalue weighted by Crippen LogP contribution is 2.21. The van der Waals surface area contributed by atoms with Gasteiger partial charge in [-0.2, -0.15) is 0 Å². The predicted molar refractivity (Wildman–Crippen MR) is 80.2 cm³/mol. The normalized spacial score (nSPS) is 11.9. The van der Waals surface area contributed by atoms with E-state index in [2.05, 4.69) is 10.3 Å². The molecule has 0 aliphatic carbocycles. The second kappa shape index (κ2) is 6.89. The van der Waals surface area contributed by atoms with Gasteiger partial charge in [-0.1, -0.05) is 18.2 Å². The molecule has 1 atom stereocenters. The molecule has 1 amide bonds. The Morgan fingerprint density at radius 3 is 2.64 bits per heavy atom. The molecule has 0 saturated heterocycles. The van der Waals surface area contributed by atoms with E-state index in [4.69, 9.17) is 9.52 Å². The summed E-state index contributed by atoms with van der Waals surface area (Å²) < 4.78 is 5.59. The van der Waals surface area contributed by atoms with E-state index in [-0.39, 0.29) is 18.7 Å². The van der Waals surface area contributed by atoms with Gasteiger partial charge in [0.2, 0.25) is 11.8 Å². The molecule has 0 unspecified atom stereocenters. The Hall–Kier alpha value is -2.63. The number of nitrogens with one attached hydrogen (secondary N) is 1. The maximum Gasteiger partial charge on any atom is 0.305 e. The minimum Gasteiger partial charge on any atom is -0.481 e. The van der Waals surface area contributed by atoms with Gasteiger partial charge in [-0.3, -0.25) is 9.59 Å². The van der Waals surface area contributed by atoms with Crippen molar-refractivity contribution in [3.05, 3.63) is 41.8 Å². The maximum absolute atomic E-state index is 11.9. The van der Waals surface area contributed by atoms with Crippen LogP contribution in [0.15, 0.2) is 34.7 Å². The maximum atomic E-state index is 11.9. The Morgan fingerprint density at radius 2 is 2.00 bits per heavy atom. The summed E-state index contributed by atoms with van der Waals surface area (Å²) in [6, 6.07) is 9.00. The van der Waals surface area contributed by atoms with E-state index in [9.17, 15) is 9.59 Å². The van der Waals surface area contributed by atoms with Crippen LogP contribution in [0.1, 0.15) is 24.8 Å². The van der Waals surface area contributed by atoms with Gasteiger partial charge in [-0.05, 0) is 26.0 Å². The highest BCUT2D eigenvalue weighted by atomic mass is 16.4. The van der Waals surface area contributed by atoms with Crippen LogP contribution in [0.4, 0.5) is 0 Å². The number of hydrogen-bond donors (Lipinski definition) is 2. The van der Waals surface area contributed by atoms with Crippen molar-refractivity contribution in [2.24, 2.45) is 0 Å². The molecule has 116 valence electrons. The third-order valence-corrected chi connectivity index (χ3v) is 3.13. The van der Waals surface area contributed by atoms with E-state index in [1.807, 2.05) is 30.3 Å². The number of carboxylic acid groups (broad SMARTS) is 1. The largest absolute Gasteiger partial charge is 0.481 e. The van der Waals surface area contributed by atoms with Gasteiger partial charge in [0, 0.05) is 11.6 Å². The van der Waals surface area contributed by atoms with Crippen LogP contribution in [-0.4, -0.2) is 28.0 Å². The Balaban J connectivity index is 2.03. The first-order chi connectivity index (χ1) is 10.5. The molecule has 1 aromatic carbocycles. The molecule has 0 spiro atoms. The van der Waals surface area contributed by atoms with E-state index in [0.29, 0.717) is 17.3 Å². The SMILES string of the molecule is Cc1oc(-c2ccccc2)nc1CC(=O)N[C@@H](C)CC(=O)O. The predicted octanol–water partition coefficient (Wildman–Crippen LogP) is 2.17. The summed E-state index contributed by atoms with van der Waals surface area (Å²) in [7, 11) is 0. The second-order valence-electron chi connectivity index (χ2n) is 5.13. The summed E-state index contributed by atoms with van der Waals surface area (Å²) in [6.07, 6.45) is -0.0507. The standard InChI is InChI=1S/C16H18N2O4/c1-10(8-15(20)21)17-14(19)9-13-11(2)22-16(18-13)12-6-4-3-5-7-12/h3-7,10H,8-9H2,1-2H3,(H,17,19)(H,20,21)/t10-/m0/s1. The lowest BCUT2D eigenvalue weighted by Crippen LogP contribution is -2.35. The minimum absolute atomic E-state index is 0.0616. The molecule has 6 heteroatoms. The summed E-state index contributed by atoms with van der Waals surface area (Å²) in [6.45, 7) is 3.40. The lowest BCUT2D eigenvalue weighted by Gasteiger charge is -2.10. The lowest BCUT2D eigenvalue weighted by atomic mass is 10.2.